The molecular formula is C19H25FN4O4S. The number of hydrogen-bond acceptors (Lipinski definition) is 5. The first-order valence-corrected chi connectivity index (χ1v) is 10.5. The van der Waals surface area contributed by atoms with Crippen molar-refractivity contribution in [1.29, 1.82) is 0 Å². The number of nitrogens with one attached hydrogen (secondary N) is 2. The number of carbonyl (C=O) groups is 2. The molecule has 0 atom stereocenters. The molecule has 0 bridgehead atoms. The highest BCUT2D eigenvalue weighted by atomic mass is 32.2. The van der Waals surface area contributed by atoms with Gasteiger partial charge in [0.15, 0.2) is 10.8 Å². The number of nitrogens with zero attached hydrogens (tertiary/aromatic N) is 2. The fourth-order valence-electron chi connectivity index (χ4n) is 2.92. The Hall–Kier alpha value is -2.75. The molecule has 2 N–H and O–H groups in total. The van der Waals surface area contributed by atoms with Crippen LogP contribution >= 0.6 is 0 Å². The number of urea groups is 1. The Morgan fingerprint density at radius 2 is 1.59 bits per heavy atom. The summed E-state index contributed by atoms with van der Waals surface area (Å²) in [7, 11) is -2.88. The summed E-state index contributed by atoms with van der Waals surface area (Å²) in [6.45, 7) is 8.65. The summed E-state index contributed by atoms with van der Waals surface area (Å²) in [6.07, 6.45) is 0. The van der Waals surface area contributed by atoms with Gasteiger partial charge in [0, 0.05) is 25.7 Å². The maximum atomic E-state index is 14.0. The fraction of sp³-hybridized carbons (Fsp3) is 0.421. The van der Waals surface area contributed by atoms with Crippen LogP contribution in [0.25, 0.3) is 0 Å². The molecular weight excluding hydrogens is 399 g/mol. The van der Waals surface area contributed by atoms with Crippen LogP contribution in [0.5, 0.6) is 0 Å². The molecule has 0 radical (unpaired) electrons. The van der Waals surface area contributed by atoms with E-state index in [1.54, 1.807) is 0 Å². The maximum absolute atomic E-state index is 14.0. The summed E-state index contributed by atoms with van der Waals surface area (Å²) in [5.74, 6) is -1.00. The van der Waals surface area contributed by atoms with E-state index in [0.29, 0.717) is 16.8 Å². The molecule has 1 aromatic carbocycles. The van der Waals surface area contributed by atoms with Crippen LogP contribution in [0.2, 0.25) is 0 Å². The molecule has 2 amide bonds. The normalized spacial score (nSPS) is 11.8. The Bertz CT molecular complexity index is 1030. The first kappa shape index (κ1) is 22.5. The van der Waals surface area contributed by atoms with Gasteiger partial charge in [-0.25, -0.2) is 13.9 Å². The Balaban J connectivity index is 2.36. The minimum Gasteiger partial charge on any atom is -0.307 e. The number of carbonyl (C=O) groups excluding carboxylic acids is 2. The van der Waals surface area contributed by atoms with Crippen molar-refractivity contribution in [1.82, 2.24) is 14.5 Å². The second kappa shape index (κ2) is 8.32. The van der Waals surface area contributed by atoms with E-state index in [0.717, 1.165) is 10.7 Å². The maximum Gasteiger partial charge on any atom is 0.333 e. The first-order valence-electron chi connectivity index (χ1n) is 9.05. The standard InChI is InChI=1S/C19H25FN4O4S/c1-10(2)14-7-13(20)8-15(11(3)4)18(14)21-19(26)23-29(27,28)17-9-16(12(5)25)24(6)22-17/h7-11H,1-6H3,(H2,21,23,26). The molecule has 10 heteroatoms. The van der Waals surface area contributed by atoms with E-state index < -0.39 is 26.9 Å². The molecule has 0 saturated carbocycles. The van der Waals surface area contributed by atoms with Gasteiger partial charge in [0.1, 0.15) is 11.5 Å². The lowest BCUT2D eigenvalue weighted by Gasteiger charge is -2.20. The molecule has 2 rings (SSSR count). The average Bonchev–Trinajstić information content (AvgIpc) is 2.98. The number of amides is 2. The Kier molecular flexibility index (Phi) is 6.46. The second-order valence-corrected chi connectivity index (χ2v) is 9.01. The molecule has 29 heavy (non-hydrogen) atoms. The second-order valence-electron chi connectivity index (χ2n) is 7.38. The number of ketones is 1. The van der Waals surface area contributed by atoms with Crippen molar-refractivity contribution in [2.75, 3.05) is 5.32 Å². The number of sulfonamides is 1. The Morgan fingerprint density at radius 3 is 2.00 bits per heavy atom. The van der Waals surface area contributed by atoms with Crippen molar-refractivity contribution in [3.05, 3.63) is 40.8 Å². The van der Waals surface area contributed by atoms with Crippen LogP contribution in [-0.4, -0.2) is 30.0 Å². The van der Waals surface area contributed by atoms with Crippen LogP contribution in [0.4, 0.5) is 14.9 Å². The van der Waals surface area contributed by atoms with Gasteiger partial charge in [-0.2, -0.15) is 13.5 Å². The molecule has 0 spiro atoms. The number of halogens is 1. The number of anilines is 1. The van der Waals surface area contributed by atoms with Gasteiger partial charge in [0.25, 0.3) is 10.0 Å². The van der Waals surface area contributed by atoms with Gasteiger partial charge in [0.2, 0.25) is 0 Å². The number of benzene rings is 1. The van der Waals surface area contributed by atoms with E-state index >= 15 is 0 Å². The smallest absolute Gasteiger partial charge is 0.307 e. The summed E-state index contributed by atoms with van der Waals surface area (Å²) >= 11 is 0. The molecule has 0 aliphatic heterocycles. The number of rotatable bonds is 6. The molecule has 0 saturated heterocycles. The SMILES string of the molecule is CC(=O)c1cc(S(=O)(=O)NC(=O)Nc2c(C(C)C)cc(F)cc2C(C)C)nn1C. The molecule has 1 heterocycles. The zero-order valence-electron chi connectivity index (χ0n) is 17.2. The number of hydrogen-bond donors (Lipinski definition) is 2. The van der Waals surface area contributed by atoms with Gasteiger partial charge in [-0.05, 0) is 35.1 Å². The summed E-state index contributed by atoms with van der Waals surface area (Å²) in [6, 6.07) is 2.72. The third-order valence-corrected chi connectivity index (χ3v) is 5.57. The summed E-state index contributed by atoms with van der Waals surface area (Å²) in [4.78, 5) is 24.0. The molecule has 158 valence electrons. The predicted octanol–water partition coefficient (Wildman–Crippen LogP) is 3.52. The van der Waals surface area contributed by atoms with Crippen molar-refractivity contribution in [3.63, 3.8) is 0 Å². The van der Waals surface area contributed by atoms with Crippen LogP contribution in [-0.2, 0) is 17.1 Å². The number of aryl methyl sites for hydroxylation is 1. The van der Waals surface area contributed by atoms with E-state index in [-0.39, 0.29) is 23.3 Å². The van der Waals surface area contributed by atoms with Crippen molar-refractivity contribution in [2.24, 2.45) is 7.05 Å². The van der Waals surface area contributed by atoms with Gasteiger partial charge in [-0.1, -0.05) is 27.7 Å². The largest absolute Gasteiger partial charge is 0.333 e. The lowest BCUT2D eigenvalue weighted by Crippen LogP contribution is -2.35. The summed E-state index contributed by atoms with van der Waals surface area (Å²) in [5.41, 5.74) is 1.57. The Labute approximate surface area is 169 Å². The molecule has 0 unspecified atom stereocenters. The van der Waals surface area contributed by atoms with Crippen LogP contribution in [0, 0.1) is 5.82 Å². The van der Waals surface area contributed by atoms with Crippen LogP contribution in [0.1, 0.15) is 68.1 Å². The lowest BCUT2D eigenvalue weighted by molar-refractivity contribution is 0.100. The predicted molar refractivity (Wildman–Crippen MR) is 107 cm³/mol. The van der Waals surface area contributed by atoms with Gasteiger partial charge in [0.05, 0.1) is 0 Å². The highest BCUT2D eigenvalue weighted by Crippen LogP contribution is 2.33. The zero-order valence-corrected chi connectivity index (χ0v) is 18.0. The molecule has 8 nitrogen and oxygen atoms in total. The van der Waals surface area contributed by atoms with Crippen LogP contribution < -0.4 is 10.0 Å². The molecule has 1 aromatic heterocycles. The first-order chi connectivity index (χ1) is 13.3. The molecule has 2 aromatic rings. The zero-order chi connectivity index (χ0) is 22.1. The van der Waals surface area contributed by atoms with E-state index in [1.807, 2.05) is 32.4 Å². The topological polar surface area (TPSA) is 110 Å². The van der Waals surface area contributed by atoms with Gasteiger partial charge in [-0.3, -0.25) is 9.48 Å². The van der Waals surface area contributed by atoms with E-state index in [1.165, 1.54) is 26.1 Å². The van der Waals surface area contributed by atoms with E-state index in [2.05, 4.69) is 10.4 Å². The van der Waals surface area contributed by atoms with Crippen molar-refractivity contribution in [3.8, 4) is 0 Å². The summed E-state index contributed by atoms with van der Waals surface area (Å²) < 4.78 is 42.0. The van der Waals surface area contributed by atoms with E-state index in [9.17, 15) is 22.4 Å². The van der Waals surface area contributed by atoms with Crippen molar-refractivity contribution >= 4 is 27.5 Å². The monoisotopic (exact) mass is 424 g/mol. The third-order valence-electron chi connectivity index (χ3n) is 4.37. The van der Waals surface area contributed by atoms with E-state index in [4.69, 9.17) is 0 Å². The van der Waals surface area contributed by atoms with Crippen molar-refractivity contribution in [2.45, 2.75) is 51.5 Å². The van der Waals surface area contributed by atoms with Gasteiger partial charge >= 0.3 is 6.03 Å². The number of aromatic nitrogens is 2. The average molecular weight is 424 g/mol. The minimum absolute atomic E-state index is 0.0912. The molecule has 0 aliphatic carbocycles. The highest BCUT2D eigenvalue weighted by molar-refractivity contribution is 7.90. The van der Waals surface area contributed by atoms with Crippen molar-refractivity contribution < 1.29 is 22.4 Å². The van der Waals surface area contributed by atoms with Gasteiger partial charge in [-0.15, -0.1) is 0 Å². The van der Waals surface area contributed by atoms with Gasteiger partial charge < -0.3 is 5.32 Å². The number of Topliss-reactive ketones (excluding diaryl/α,β-unsaturated/α-hetero) is 1. The fourth-order valence-corrected chi connectivity index (χ4v) is 3.82. The third kappa shape index (κ3) is 5.00. The quantitative estimate of drug-likeness (QED) is 0.690. The molecule has 0 fully saturated rings. The summed E-state index contributed by atoms with van der Waals surface area (Å²) in [5, 5.41) is 5.87. The highest BCUT2D eigenvalue weighted by Gasteiger charge is 2.25. The van der Waals surface area contributed by atoms with Crippen LogP contribution in [0.3, 0.4) is 0 Å². The minimum atomic E-state index is -4.31. The van der Waals surface area contributed by atoms with Crippen LogP contribution in [0.15, 0.2) is 23.2 Å². The Morgan fingerprint density at radius 1 is 1.07 bits per heavy atom. The lowest BCUT2D eigenvalue weighted by atomic mass is 9.92. The molecule has 0 aliphatic rings.